The van der Waals surface area contributed by atoms with Crippen molar-refractivity contribution in [3.8, 4) is 0 Å². The lowest BCUT2D eigenvalue weighted by Gasteiger charge is -2.33. The molecule has 1 aliphatic heterocycles. The Hall–Kier alpha value is -0.530. The summed E-state index contributed by atoms with van der Waals surface area (Å²) in [6.07, 6.45) is 7.62. The van der Waals surface area contributed by atoms with E-state index in [4.69, 9.17) is 0 Å². The van der Waals surface area contributed by atoms with Crippen LogP contribution in [0.25, 0.3) is 0 Å². The topological polar surface area (TPSA) is 15.6 Å². The summed E-state index contributed by atoms with van der Waals surface area (Å²) in [5.74, 6) is 1.72. The zero-order chi connectivity index (χ0) is 8.55. The molecule has 1 aliphatic carbocycles. The predicted octanol–water partition coefficient (Wildman–Crippen LogP) is 2.11. The van der Waals surface area contributed by atoms with Crippen molar-refractivity contribution in [3.05, 3.63) is 0 Å². The molecular weight excluding hydrogens is 148 g/mol. The largest absolute Gasteiger partial charge is 0.297 e. The molecule has 2 aliphatic rings. The number of hydrogen-bond donors (Lipinski definition) is 0. The van der Waals surface area contributed by atoms with Crippen molar-refractivity contribution < 1.29 is 0 Å². The standard InChI is InChI=1S/C10H18N2/c1-3-8-4-5-9-7-11-12(2)10(9)6-8/h7-10H,3-6H2,1-2H3/t8?,9?,10-/m0/s1. The molecule has 2 nitrogen and oxygen atoms in total. The summed E-state index contributed by atoms with van der Waals surface area (Å²) in [6, 6.07) is 0.726. The van der Waals surface area contributed by atoms with Crippen molar-refractivity contribution in [2.75, 3.05) is 7.05 Å². The lowest BCUT2D eigenvalue weighted by atomic mass is 9.78. The Morgan fingerprint density at radius 1 is 1.50 bits per heavy atom. The van der Waals surface area contributed by atoms with Crippen LogP contribution < -0.4 is 0 Å². The molecule has 0 radical (unpaired) electrons. The molecule has 0 spiro atoms. The summed E-state index contributed by atoms with van der Waals surface area (Å²) in [6.45, 7) is 2.31. The van der Waals surface area contributed by atoms with Gasteiger partial charge in [0.2, 0.25) is 0 Å². The minimum Gasteiger partial charge on any atom is -0.297 e. The van der Waals surface area contributed by atoms with Crippen molar-refractivity contribution in [1.29, 1.82) is 0 Å². The van der Waals surface area contributed by atoms with Gasteiger partial charge in [0.1, 0.15) is 0 Å². The van der Waals surface area contributed by atoms with Crippen LogP contribution in [0.1, 0.15) is 32.6 Å². The molecule has 68 valence electrons. The van der Waals surface area contributed by atoms with Gasteiger partial charge in [-0.1, -0.05) is 13.3 Å². The van der Waals surface area contributed by atoms with E-state index in [0.717, 1.165) is 17.9 Å². The average Bonchev–Trinajstić information content (AvgIpc) is 2.47. The normalized spacial score (nSPS) is 40.2. The molecule has 1 heterocycles. The Bertz CT molecular complexity index is 188. The molecule has 0 amide bonds. The fourth-order valence-corrected chi connectivity index (χ4v) is 2.51. The second kappa shape index (κ2) is 3.08. The van der Waals surface area contributed by atoms with E-state index >= 15 is 0 Å². The summed E-state index contributed by atoms with van der Waals surface area (Å²) in [7, 11) is 2.11. The van der Waals surface area contributed by atoms with Crippen LogP contribution in [0.5, 0.6) is 0 Å². The minimum atomic E-state index is 0.726. The molecule has 0 aromatic carbocycles. The highest BCUT2D eigenvalue weighted by Gasteiger charge is 2.34. The highest BCUT2D eigenvalue weighted by Crippen LogP contribution is 2.35. The first-order chi connectivity index (χ1) is 5.81. The van der Waals surface area contributed by atoms with Crippen LogP contribution in [0, 0.1) is 11.8 Å². The molecule has 1 saturated carbocycles. The van der Waals surface area contributed by atoms with E-state index in [1.807, 2.05) is 0 Å². The van der Waals surface area contributed by atoms with E-state index in [9.17, 15) is 0 Å². The van der Waals surface area contributed by atoms with Gasteiger partial charge in [0.05, 0.1) is 6.04 Å². The van der Waals surface area contributed by atoms with E-state index < -0.39 is 0 Å². The van der Waals surface area contributed by atoms with E-state index in [1.54, 1.807) is 0 Å². The van der Waals surface area contributed by atoms with E-state index in [0.29, 0.717) is 0 Å². The molecule has 0 saturated heterocycles. The Morgan fingerprint density at radius 3 is 3.08 bits per heavy atom. The SMILES string of the molecule is CCC1CCC2C=NN(C)[C@H]2C1. The molecule has 2 rings (SSSR count). The van der Waals surface area contributed by atoms with Crippen LogP contribution in [-0.2, 0) is 0 Å². The van der Waals surface area contributed by atoms with Crippen molar-refractivity contribution >= 4 is 6.21 Å². The molecule has 0 aromatic heterocycles. The smallest absolute Gasteiger partial charge is 0.0548 e. The summed E-state index contributed by atoms with van der Waals surface area (Å²) in [5, 5.41) is 6.52. The summed E-state index contributed by atoms with van der Waals surface area (Å²) >= 11 is 0. The first-order valence-corrected chi connectivity index (χ1v) is 5.08. The molecule has 2 unspecified atom stereocenters. The molecule has 0 N–H and O–H groups in total. The molecule has 1 fully saturated rings. The van der Waals surface area contributed by atoms with Crippen molar-refractivity contribution in [2.24, 2.45) is 16.9 Å². The van der Waals surface area contributed by atoms with Gasteiger partial charge in [-0.15, -0.1) is 0 Å². The highest BCUT2D eigenvalue weighted by molar-refractivity contribution is 5.63. The predicted molar refractivity (Wildman–Crippen MR) is 51.2 cm³/mol. The Morgan fingerprint density at radius 2 is 2.33 bits per heavy atom. The summed E-state index contributed by atoms with van der Waals surface area (Å²) in [4.78, 5) is 0. The summed E-state index contributed by atoms with van der Waals surface area (Å²) in [5.41, 5.74) is 0. The maximum Gasteiger partial charge on any atom is 0.0548 e. The molecule has 0 bridgehead atoms. The highest BCUT2D eigenvalue weighted by atomic mass is 15.5. The molecule has 12 heavy (non-hydrogen) atoms. The van der Waals surface area contributed by atoms with Crippen LogP contribution in [0.3, 0.4) is 0 Å². The van der Waals surface area contributed by atoms with E-state index in [-0.39, 0.29) is 0 Å². The van der Waals surface area contributed by atoms with E-state index in [2.05, 4.69) is 30.3 Å². The zero-order valence-electron chi connectivity index (χ0n) is 8.03. The maximum absolute atomic E-state index is 4.36. The molecular formula is C10H18N2. The number of rotatable bonds is 1. The van der Waals surface area contributed by atoms with Crippen molar-refractivity contribution in [2.45, 2.75) is 38.6 Å². The Kier molecular flexibility index (Phi) is 2.07. The Labute approximate surface area is 74.6 Å². The number of fused-ring (bicyclic) bond motifs is 1. The average molecular weight is 166 g/mol. The lowest BCUT2D eigenvalue weighted by Crippen LogP contribution is -2.35. The third kappa shape index (κ3) is 1.23. The second-order valence-electron chi connectivity index (χ2n) is 4.16. The molecule has 2 heteroatoms. The summed E-state index contributed by atoms with van der Waals surface area (Å²) < 4.78 is 0. The van der Waals surface area contributed by atoms with Gasteiger partial charge in [0.15, 0.2) is 0 Å². The monoisotopic (exact) mass is 166 g/mol. The minimum absolute atomic E-state index is 0.726. The quantitative estimate of drug-likeness (QED) is 0.582. The third-order valence-electron chi connectivity index (χ3n) is 3.47. The lowest BCUT2D eigenvalue weighted by molar-refractivity contribution is 0.157. The molecule has 0 aromatic rings. The van der Waals surface area contributed by atoms with Crippen LogP contribution in [-0.4, -0.2) is 24.3 Å². The van der Waals surface area contributed by atoms with E-state index in [1.165, 1.54) is 25.7 Å². The van der Waals surface area contributed by atoms with Crippen LogP contribution >= 0.6 is 0 Å². The van der Waals surface area contributed by atoms with Crippen molar-refractivity contribution in [3.63, 3.8) is 0 Å². The van der Waals surface area contributed by atoms with Gasteiger partial charge in [-0.2, -0.15) is 5.10 Å². The first kappa shape index (κ1) is 8.09. The second-order valence-corrected chi connectivity index (χ2v) is 4.16. The fraction of sp³-hybridized carbons (Fsp3) is 0.900. The van der Waals surface area contributed by atoms with Gasteiger partial charge >= 0.3 is 0 Å². The number of hydrazone groups is 1. The zero-order valence-corrected chi connectivity index (χ0v) is 8.03. The van der Waals surface area contributed by atoms with Gasteiger partial charge in [-0.05, 0) is 25.2 Å². The van der Waals surface area contributed by atoms with Crippen LogP contribution in [0.4, 0.5) is 0 Å². The van der Waals surface area contributed by atoms with Crippen LogP contribution in [0.2, 0.25) is 0 Å². The van der Waals surface area contributed by atoms with Gasteiger partial charge in [0, 0.05) is 19.2 Å². The third-order valence-corrected chi connectivity index (χ3v) is 3.47. The Balaban J connectivity index is 2.00. The number of hydrogen-bond acceptors (Lipinski definition) is 2. The van der Waals surface area contributed by atoms with Gasteiger partial charge in [-0.25, -0.2) is 0 Å². The van der Waals surface area contributed by atoms with Gasteiger partial charge < -0.3 is 0 Å². The maximum atomic E-state index is 4.36. The van der Waals surface area contributed by atoms with Gasteiger partial charge in [0.25, 0.3) is 0 Å². The first-order valence-electron chi connectivity index (χ1n) is 5.08. The fourth-order valence-electron chi connectivity index (χ4n) is 2.51. The number of nitrogens with zero attached hydrogens (tertiary/aromatic N) is 2. The molecule has 3 atom stereocenters. The van der Waals surface area contributed by atoms with Gasteiger partial charge in [-0.3, -0.25) is 5.01 Å². The van der Waals surface area contributed by atoms with Crippen LogP contribution in [0.15, 0.2) is 5.10 Å². The van der Waals surface area contributed by atoms with Crippen molar-refractivity contribution in [1.82, 2.24) is 5.01 Å².